The third kappa shape index (κ3) is 4.97. The van der Waals surface area contributed by atoms with Crippen molar-refractivity contribution in [3.63, 3.8) is 0 Å². The van der Waals surface area contributed by atoms with Gasteiger partial charge in [0.25, 0.3) is 0 Å². The van der Waals surface area contributed by atoms with Crippen LogP contribution in [0.5, 0.6) is 0 Å². The number of hydrogen-bond acceptors (Lipinski definition) is 7. The Labute approximate surface area is 123 Å². The number of anilines is 1. The highest BCUT2D eigenvalue weighted by molar-refractivity contribution is 7.91. The summed E-state index contributed by atoms with van der Waals surface area (Å²) in [5.74, 6) is -0.229. The van der Waals surface area contributed by atoms with Crippen molar-refractivity contribution in [1.82, 2.24) is 0 Å². The molecule has 0 aromatic heterocycles. The highest BCUT2D eigenvalue weighted by Gasteiger charge is 2.27. The molecule has 0 saturated heterocycles. The monoisotopic (exact) mass is 336 g/mol. The number of rotatable bonds is 6. The van der Waals surface area contributed by atoms with Gasteiger partial charge in [0, 0.05) is 18.6 Å². The second-order valence-electron chi connectivity index (χ2n) is 4.82. The Bertz CT molecular complexity index is 755. The van der Waals surface area contributed by atoms with Gasteiger partial charge in [-0.15, -0.1) is 0 Å². The van der Waals surface area contributed by atoms with Crippen LogP contribution in [0.3, 0.4) is 0 Å². The van der Waals surface area contributed by atoms with Crippen molar-refractivity contribution >= 4 is 31.0 Å². The van der Waals surface area contributed by atoms with E-state index in [0.717, 1.165) is 18.6 Å². The number of benzene rings is 1. The maximum atomic E-state index is 11.6. The molecule has 1 unspecified atom stereocenters. The fourth-order valence-corrected chi connectivity index (χ4v) is 3.74. The molecule has 0 heterocycles. The van der Waals surface area contributed by atoms with Crippen molar-refractivity contribution < 1.29 is 21.8 Å². The van der Waals surface area contributed by atoms with Crippen LogP contribution in [0.4, 0.5) is 11.4 Å². The number of nitrogens with zero attached hydrogens (tertiary/aromatic N) is 1. The summed E-state index contributed by atoms with van der Waals surface area (Å²) in [5, 5.41) is 13.8. The third-order valence-corrected chi connectivity index (χ3v) is 4.77. The molecule has 21 heavy (non-hydrogen) atoms. The van der Waals surface area contributed by atoms with E-state index in [1.54, 1.807) is 0 Å². The molecule has 1 atom stereocenters. The molecule has 0 aliphatic carbocycles. The summed E-state index contributed by atoms with van der Waals surface area (Å²) in [4.78, 5) is 9.93. The second-order valence-corrected chi connectivity index (χ2v) is 8.99. The molecule has 1 aromatic rings. The Kier molecular flexibility index (Phi) is 4.95. The first-order valence-corrected chi connectivity index (χ1v) is 9.78. The van der Waals surface area contributed by atoms with Crippen LogP contribution in [0.25, 0.3) is 0 Å². The van der Waals surface area contributed by atoms with Crippen LogP contribution >= 0.6 is 0 Å². The van der Waals surface area contributed by atoms with Gasteiger partial charge in [0.2, 0.25) is 0 Å². The van der Waals surface area contributed by atoms with Crippen LogP contribution in [-0.4, -0.2) is 46.1 Å². The lowest BCUT2D eigenvalue weighted by molar-refractivity contribution is -0.386. The van der Waals surface area contributed by atoms with E-state index in [1.807, 2.05) is 0 Å². The van der Waals surface area contributed by atoms with Gasteiger partial charge in [-0.2, -0.15) is 0 Å². The molecule has 0 aliphatic rings. The highest BCUT2D eigenvalue weighted by atomic mass is 32.2. The topological polar surface area (TPSA) is 123 Å². The van der Waals surface area contributed by atoms with E-state index in [4.69, 9.17) is 0 Å². The first kappa shape index (κ1) is 17.4. The van der Waals surface area contributed by atoms with Crippen molar-refractivity contribution in [2.24, 2.45) is 0 Å². The van der Waals surface area contributed by atoms with Crippen LogP contribution in [-0.2, 0) is 19.7 Å². The summed E-state index contributed by atoms with van der Waals surface area (Å²) in [5.41, 5.74) is -0.612. The van der Waals surface area contributed by atoms with Crippen molar-refractivity contribution in [2.45, 2.75) is 17.9 Å². The van der Waals surface area contributed by atoms with Gasteiger partial charge in [-0.05, 0) is 19.1 Å². The zero-order valence-electron chi connectivity index (χ0n) is 11.7. The van der Waals surface area contributed by atoms with Gasteiger partial charge in [-0.25, -0.2) is 16.8 Å². The first-order valence-electron chi connectivity index (χ1n) is 5.83. The molecule has 0 spiro atoms. The smallest absolute Gasteiger partial charge is 0.310 e. The summed E-state index contributed by atoms with van der Waals surface area (Å²) in [6.07, 6.45) is 1.92. The van der Waals surface area contributed by atoms with Gasteiger partial charge in [0.1, 0.15) is 20.4 Å². The summed E-state index contributed by atoms with van der Waals surface area (Å²) in [6.45, 7) is 1.54. The number of nitrogens with one attached hydrogen (secondary N) is 1. The maximum absolute atomic E-state index is 11.6. The van der Waals surface area contributed by atoms with E-state index in [2.05, 4.69) is 5.32 Å². The number of nitro benzene ring substituents is 1. The normalized spacial score (nSPS) is 13.7. The second kappa shape index (κ2) is 5.98. The lowest BCUT2D eigenvalue weighted by Crippen LogP contribution is -2.25. The third-order valence-electron chi connectivity index (χ3n) is 2.54. The molecular formula is C11H16N2O6S2. The van der Waals surface area contributed by atoms with Gasteiger partial charge >= 0.3 is 5.69 Å². The Hall–Kier alpha value is -1.68. The molecule has 0 amide bonds. The quantitative estimate of drug-likeness (QED) is 0.603. The average molecular weight is 336 g/mol. The highest BCUT2D eigenvalue weighted by Crippen LogP contribution is 2.32. The number of nitro groups is 1. The van der Waals surface area contributed by atoms with Gasteiger partial charge in [-0.1, -0.05) is 6.07 Å². The zero-order chi connectivity index (χ0) is 16.4. The molecule has 1 rings (SSSR count). The van der Waals surface area contributed by atoms with Crippen LogP contribution < -0.4 is 5.32 Å². The predicted octanol–water partition coefficient (Wildman–Crippen LogP) is 0.843. The Morgan fingerprint density at radius 3 is 2.24 bits per heavy atom. The largest absolute Gasteiger partial charge is 0.376 e. The predicted molar refractivity (Wildman–Crippen MR) is 79.0 cm³/mol. The van der Waals surface area contributed by atoms with Crippen molar-refractivity contribution in [3.8, 4) is 0 Å². The van der Waals surface area contributed by atoms with Gasteiger partial charge in [0.05, 0.1) is 10.7 Å². The van der Waals surface area contributed by atoms with E-state index < -0.39 is 41.2 Å². The van der Waals surface area contributed by atoms with Crippen molar-refractivity contribution in [3.05, 3.63) is 28.3 Å². The molecule has 0 radical (unpaired) electrons. The minimum atomic E-state index is -3.77. The molecule has 1 aromatic carbocycles. The molecule has 1 N–H and O–H groups in total. The van der Waals surface area contributed by atoms with Gasteiger partial charge < -0.3 is 5.32 Å². The standard InChI is InChI=1S/C11H16N2O6S2/c1-8(7-20(2,16)17)12-9-5-4-6-10(21(3,18)19)11(9)13(14)15/h4-6,8,12H,7H2,1-3H3. The van der Waals surface area contributed by atoms with E-state index in [9.17, 15) is 26.9 Å². The summed E-state index contributed by atoms with van der Waals surface area (Å²) in [7, 11) is -7.04. The van der Waals surface area contributed by atoms with Crippen LogP contribution in [0.1, 0.15) is 6.92 Å². The van der Waals surface area contributed by atoms with Crippen molar-refractivity contribution in [1.29, 1.82) is 0 Å². The molecular weight excluding hydrogens is 320 g/mol. The number of sulfone groups is 2. The maximum Gasteiger partial charge on any atom is 0.310 e. The molecule has 0 saturated carbocycles. The van der Waals surface area contributed by atoms with Crippen LogP contribution in [0.2, 0.25) is 0 Å². The Morgan fingerprint density at radius 2 is 1.81 bits per heavy atom. The number of para-hydroxylation sites is 1. The minimum absolute atomic E-state index is 0.0286. The molecule has 118 valence electrons. The summed E-state index contributed by atoms with van der Waals surface area (Å²) >= 11 is 0. The molecule has 10 heteroatoms. The lowest BCUT2D eigenvalue weighted by Gasteiger charge is -2.15. The van der Waals surface area contributed by atoms with Crippen LogP contribution in [0.15, 0.2) is 23.1 Å². The van der Waals surface area contributed by atoms with E-state index in [-0.39, 0.29) is 11.4 Å². The fraction of sp³-hybridized carbons (Fsp3) is 0.455. The van der Waals surface area contributed by atoms with Crippen molar-refractivity contribution in [2.75, 3.05) is 23.6 Å². The lowest BCUT2D eigenvalue weighted by atomic mass is 10.2. The number of hydrogen-bond donors (Lipinski definition) is 1. The first-order chi connectivity index (χ1) is 9.42. The fourth-order valence-electron chi connectivity index (χ4n) is 1.89. The van der Waals surface area contributed by atoms with E-state index >= 15 is 0 Å². The Balaban J connectivity index is 3.29. The minimum Gasteiger partial charge on any atom is -0.376 e. The van der Waals surface area contributed by atoms with Gasteiger partial charge in [-0.3, -0.25) is 10.1 Å². The molecule has 0 fully saturated rings. The average Bonchev–Trinajstić information content (AvgIpc) is 2.24. The van der Waals surface area contributed by atoms with E-state index in [0.29, 0.717) is 0 Å². The van der Waals surface area contributed by atoms with Gasteiger partial charge in [0.15, 0.2) is 9.84 Å². The van der Waals surface area contributed by atoms with Crippen LogP contribution in [0, 0.1) is 10.1 Å². The molecule has 0 bridgehead atoms. The Morgan fingerprint density at radius 1 is 1.24 bits per heavy atom. The SMILES string of the molecule is CC(CS(C)(=O)=O)Nc1cccc(S(C)(=O)=O)c1[N+](=O)[O-]. The summed E-state index contributed by atoms with van der Waals surface area (Å²) < 4.78 is 45.6. The van der Waals surface area contributed by atoms with E-state index in [1.165, 1.54) is 19.1 Å². The zero-order valence-corrected chi connectivity index (χ0v) is 13.4. The molecule has 0 aliphatic heterocycles. The summed E-state index contributed by atoms with van der Waals surface area (Å²) in [6, 6.07) is 3.23. The molecule has 8 nitrogen and oxygen atoms in total.